The van der Waals surface area contributed by atoms with E-state index in [9.17, 15) is 13.2 Å². The minimum Gasteiger partial charge on any atom is -0.339 e. The van der Waals surface area contributed by atoms with Gasteiger partial charge in [0, 0.05) is 34.9 Å². The molecule has 1 atom stereocenters. The van der Waals surface area contributed by atoms with Crippen LogP contribution in [0.4, 0.5) is 11.4 Å². The first kappa shape index (κ1) is 20.4. The normalized spacial score (nSPS) is 16.8. The van der Waals surface area contributed by atoms with E-state index in [1.165, 1.54) is 0 Å². The summed E-state index contributed by atoms with van der Waals surface area (Å²) in [5.41, 5.74) is 1.88. The van der Waals surface area contributed by atoms with Crippen molar-refractivity contribution in [3.05, 3.63) is 59.4 Å². The molecule has 1 aromatic heterocycles. The zero-order valence-corrected chi connectivity index (χ0v) is 17.7. The molecule has 8 nitrogen and oxygen atoms in total. The highest BCUT2D eigenvalue weighted by Gasteiger charge is 2.35. The minimum atomic E-state index is -3.34. The molecule has 156 valence electrons. The van der Waals surface area contributed by atoms with Gasteiger partial charge in [0.1, 0.15) is 0 Å². The average molecular weight is 447 g/mol. The second kappa shape index (κ2) is 8.08. The molecule has 1 saturated heterocycles. The molecule has 2 aromatic carbocycles. The molecule has 0 spiro atoms. The van der Waals surface area contributed by atoms with E-state index in [1.807, 2.05) is 6.07 Å². The van der Waals surface area contributed by atoms with Crippen molar-refractivity contribution in [3.63, 3.8) is 0 Å². The third-order valence-electron chi connectivity index (χ3n) is 4.83. The smallest absolute Gasteiger partial charge is 0.232 e. The Hall–Kier alpha value is -2.91. The van der Waals surface area contributed by atoms with Crippen LogP contribution >= 0.6 is 11.6 Å². The van der Waals surface area contributed by atoms with Crippen LogP contribution in [0.15, 0.2) is 53.1 Å². The predicted octanol–water partition coefficient (Wildman–Crippen LogP) is 3.67. The number of benzene rings is 2. The van der Waals surface area contributed by atoms with Crippen molar-refractivity contribution in [2.45, 2.75) is 19.3 Å². The molecule has 2 heterocycles. The Labute approximate surface area is 178 Å². The lowest BCUT2D eigenvalue weighted by atomic mass is 10.1. The Balaban J connectivity index is 1.49. The molecule has 10 heteroatoms. The van der Waals surface area contributed by atoms with Gasteiger partial charge in [0.15, 0.2) is 0 Å². The fourth-order valence-corrected chi connectivity index (χ4v) is 4.05. The van der Waals surface area contributed by atoms with Gasteiger partial charge in [-0.2, -0.15) is 4.98 Å². The number of hydrogen-bond acceptors (Lipinski definition) is 6. The maximum Gasteiger partial charge on any atom is 0.232 e. The summed E-state index contributed by atoms with van der Waals surface area (Å²) in [6, 6.07) is 13.8. The van der Waals surface area contributed by atoms with Crippen molar-refractivity contribution in [1.29, 1.82) is 0 Å². The number of halogens is 1. The Morgan fingerprint density at radius 1 is 1.23 bits per heavy atom. The standard InChI is InChI=1S/C20H19ClN4O4S/c1-2-30(27,28)24-16-8-6-13(7-9-16)19-22-20(29-23-19)14-10-18(26)25(12-14)17-5-3-4-15(21)11-17/h3-9,11,14,24H,2,10,12H2,1H3/t14-/m0/s1. The van der Waals surface area contributed by atoms with Crippen LogP contribution in [0.2, 0.25) is 5.02 Å². The highest BCUT2D eigenvalue weighted by Crippen LogP contribution is 2.33. The van der Waals surface area contributed by atoms with E-state index in [0.29, 0.717) is 34.5 Å². The first-order valence-corrected chi connectivity index (χ1v) is 11.4. The molecular formula is C20H19ClN4O4S. The van der Waals surface area contributed by atoms with E-state index in [1.54, 1.807) is 54.3 Å². The summed E-state index contributed by atoms with van der Waals surface area (Å²) in [5, 5.41) is 4.58. The minimum absolute atomic E-state index is 0.00470. The summed E-state index contributed by atoms with van der Waals surface area (Å²) in [6.07, 6.45) is 0.270. The van der Waals surface area contributed by atoms with Gasteiger partial charge in [-0.25, -0.2) is 8.42 Å². The number of aromatic nitrogens is 2. The molecule has 0 aliphatic carbocycles. The van der Waals surface area contributed by atoms with Crippen LogP contribution in [0.25, 0.3) is 11.4 Å². The van der Waals surface area contributed by atoms with E-state index >= 15 is 0 Å². The van der Waals surface area contributed by atoms with Gasteiger partial charge in [0.25, 0.3) is 0 Å². The molecule has 1 fully saturated rings. The number of anilines is 2. The third kappa shape index (κ3) is 4.31. The highest BCUT2D eigenvalue weighted by atomic mass is 35.5. The van der Waals surface area contributed by atoms with Crippen LogP contribution in [0, 0.1) is 0 Å². The Bertz CT molecular complexity index is 1180. The van der Waals surface area contributed by atoms with E-state index < -0.39 is 10.0 Å². The number of sulfonamides is 1. The number of amides is 1. The fourth-order valence-electron chi connectivity index (χ4n) is 3.22. The van der Waals surface area contributed by atoms with Gasteiger partial charge >= 0.3 is 0 Å². The largest absolute Gasteiger partial charge is 0.339 e. The average Bonchev–Trinajstić information content (AvgIpc) is 3.35. The van der Waals surface area contributed by atoms with Gasteiger partial charge in [-0.3, -0.25) is 9.52 Å². The molecule has 0 bridgehead atoms. The lowest BCUT2D eigenvalue weighted by molar-refractivity contribution is -0.117. The molecule has 1 amide bonds. The Morgan fingerprint density at radius 3 is 2.70 bits per heavy atom. The molecule has 1 aliphatic rings. The number of carbonyl (C=O) groups is 1. The van der Waals surface area contributed by atoms with Crippen molar-refractivity contribution >= 4 is 38.9 Å². The second-order valence-electron chi connectivity index (χ2n) is 6.92. The summed E-state index contributed by atoms with van der Waals surface area (Å²) in [4.78, 5) is 18.6. The van der Waals surface area contributed by atoms with Crippen LogP contribution in [0.1, 0.15) is 25.2 Å². The quantitative estimate of drug-likeness (QED) is 0.619. The topological polar surface area (TPSA) is 105 Å². The number of nitrogens with one attached hydrogen (secondary N) is 1. The van der Waals surface area contributed by atoms with Gasteiger partial charge in [-0.15, -0.1) is 0 Å². The SMILES string of the molecule is CCS(=O)(=O)Nc1ccc(-c2noc([C@H]3CC(=O)N(c4cccc(Cl)c4)C3)n2)cc1. The van der Waals surface area contributed by atoms with E-state index in [4.69, 9.17) is 16.1 Å². The highest BCUT2D eigenvalue weighted by molar-refractivity contribution is 7.92. The maximum absolute atomic E-state index is 12.5. The van der Waals surface area contributed by atoms with E-state index in [-0.39, 0.29) is 24.0 Å². The summed E-state index contributed by atoms with van der Waals surface area (Å²) >= 11 is 6.03. The van der Waals surface area contributed by atoms with Crippen molar-refractivity contribution < 1.29 is 17.7 Å². The second-order valence-corrected chi connectivity index (χ2v) is 9.37. The third-order valence-corrected chi connectivity index (χ3v) is 6.37. The van der Waals surface area contributed by atoms with Crippen molar-refractivity contribution in [2.75, 3.05) is 21.9 Å². The molecule has 1 aliphatic heterocycles. The summed E-state index contributed by atoms with van der Waals surface area (Å²) < 4.78 is 31.2. The van der Waals surface area contributed by atoms with Crippen LogP contribution in [0.3, 0.4) is 0 Å². The molecular weight excluding hydrogens is 428 g/mol. The molecule has 3 aromatic rings. The Morgan fingerprint density at radius 2 is 2.00 bits per heavy atom. The number of hydrogen-bond donors (Lipinski definition) is 1. The van der Waals surface area contributed by atoms with Crippen LogP contribution < -0.4 is 9.62 Å². The van der Waals surface area contributed by atoms with Crippen molar-refractivity contribution in [3.8, 4) is 11.4 Å². The molecule has 4 rings (SSSR count). The number of carbonyl (C=O) groups excluding carboxylic acids is 1. The first-order chi connectivity index (χ1) is 14.3. The molecule has 1 N–H and O–H groups in total. The molecule has 0 radical (unpaired) electrons. The molecule has 0 unspecified atom stereocenters. The van der Waals surface area contributed by atoms with Crippen LogP contribution in [-0.4, -0.2) is 36.8 Å². The lowest BCUT2D eigenvalue weighted by Crippen LogP contribution is -2.24. The number of rotatable bonds is 6. The van der Waals surface area contributed by atoms with Crippen LogP contribution in [-0.2, 0) is 14.8 Å². The van der Waals surface area contributed by atoms with Crippen LogP contribution in [0.5, 0.6) is 0 Å². The lowest BCUT2D eigenvalue weighted by Gasteiger charge is -2.16. The maximum atomic E-state index is 12.5. The van der Waals surface area contributed by atoms with Crippen molar-refractivity contribution in [1.82, 2.24) is 10.1 Å². The molecule has 0 saturated carbocycles. The Kier molecular flexibility index (Phi) is 5.48. The van der Waals surface area contributed by atoms with E-state index in [0.717, 1.165) is 5.69 Å². The van der Waals surface area contributed by atoms with Crippen molar-refractivity contribution in [2.24, 2.45) is 0 Å². The van der Waals surface area contributed by atoms with Gasteiger partial charge in [-0.1, -0.05) is 22.8 Å². The monoisotopic (exact) mass is 446 g/mol. The van der Waals surface area contributed by atoms with E-state index in [2.05, 4.69) is 14.9 Å². The first-order valence-electron chi connectivity index (χ1n) is 9.35. The van der Waals surface area contributed by atoms with Gasteiger partial charge in [-0.05, 0) is 49.4 Å². The zero-order valence-electron chi connectivity index (χ0n) is 16.1. The zero-order chi connectivity index (χ0) is 21.3. The summed E-state index contributed by atoms with van der Waals surface area (Å²) in [6.45, 7) is 2.00. The predicted molar refractivity (Wildman–Crippen MR) is 114 cm³/mol. The van der Waals surface area contributed by atoms with Gasteiger partial charge in [0.2, 0.25) is 27.6 Å². The summed E-state index contributed by atoms with van der Waals surface area (Å²) in [5.74, 6) is 0.514. The molecule has 30 heavy (non-hydrogen) atoms. The fraction of sp³-hybridized carbons (Fsp3) is 0.250. The van der Waals surface area contributed by atoms with Gasteiger partial charge in [0.05, 0.1) is 11.7 Å². The summed E-state index contributed by atoms with van der Waals surface area (Å²) in [7, 11) is -3.34. The van der Waals surface area contributed by atoms with Gasteiger partial charge < -0.3 is 9.42 Å². The number of nitrogens with zero attached hydrogens (tertiary/aromatic N) is 3.